The monoisotopic (exact) mass is 464 g/mol. The summed E-state index contributed by atoms with van der Waals surface area (Å²) in [7, 11) is 0. The van der Waals surface area contributed by atoms with Crippen molar-refractivity contribution in [2.75, 3.05) is 18.4 Å². The van der Waals surface area contributed by atoms with Gasteiger partial charge in [0.15, 0.2) is 5.65 Å². The zero-order valence-electron chi connectivity index (χ0n) is 19.8. The van der Waals surface area contributed by atoms with Crippen molar-refractivity contribution in [2.45, 2.75) is 32.9 Å². The molecule has 0 saturated carbocycles. The van der Waals surface area contributed by atoms with Crippen LogP contribution in [0, 0.1) is 6.92 Å². The van der Waals surface area contributed by atoms with Crippen LogP contribution in [0.1, 0.15) is 29.9 Å². The van der Waals surface area contributed by atoms with Crippen molar-refractivity contribution in [1.82, 2.24) is 34.4 Å². The van der Waals surface area contributed by atoms with E-state index in [-0.39, 0.29) is 0 Å². The topological polar surface area (TPSA) is 87.0 Å². The van der Waals surface area contributed by atoms with E-state index in [1.165, 1.54) is 31.5 Å². The summed E-state index contributed by atoms with van der Waals surface area (Å²) in [5.41, 5.74) is 7.76. The van der Waals surface area contributed by atoms with Gasteiger partial charge >= 0.3 is 0 Å². The van der Waals surface area contributed by atoms with Crippen LogP contribution in [0.25, 0.3) is 28.3 Å². The van der Waals surface area contributed by atoms with E-state index in [4.69, 9.17) is 9.97 Å². The number of fused-ring (bicyclic) bond motifs is 1. The maximum absolute atomic E-state index is 4.97. The van der Waals surface area contributed by atoms with E-state index < -0.39 is 0 Å². The van der Waals surface area contributed by atoms with Gasteiger partial charge in [-0.05, 0) is 74.8 Å². The summed E-state index contributed by atoms with van der Waals surface area (Å²) in [6.07, 6.45) is 6.12. The van der Waals surface area contributed by atoms with Crippen LogP contribution in [0.15, 0.2) is 67.1 Å². The Bertz CT molecular complexity index is 1460. The smallest absolute Gasteiger partial charge is 0.155 e. The first-order chi connectivity index (χ1) is 17.2. The number of benzene rings is 1. The molecule has 1 aliphatic heterocycles. The van der Waals surface area contributed by atoms with Gasteiger partial charge in [-0.3, -0.25) is 9.88 Å². The molecule has 2 N–H and O–H groups in total. The molecule has 1 saturated heterocycles. The van der Waals surface area contributed by atoms with Crippen molar-refractivity contribution in [2.24, 2.45) is 0 Å². The number of hydrogen-bond acceptors (Lipinski definition) is 6. The van der Waals surface area contributed by atoms with Crippen molar-refractivity contribution in [3.8, 4) is 22.6 Å². The number of rotatable bonds is 7. The molecular weight excluding hydrogens is 436 g/mol. The normalized spacial score (nSPS) is 14.1. The first-order valence-corrected chi connectivity index (χ1v) is 12.1. The Balaban J connectivity index is 1.28. The molecule has 4 aromatic heterocycles. The lowest BCUT2D eigenvalue weighted by Crippen LogP contribution is -2.18. The number of imidazole rings is 1. The summed E-state index contributed by atoms with van der Waals surface area (Å²) in [4.78, 5) is 20.0. The molecule has 1 aliphatic rings. The molecule has 35 heavy (non-hydrogen) atoms. The molecule has 0 atom stereocenters. The second kappa shape index (κ2) is 9.31. The zero-order valence-corrected chi connectivity index (χ0v) is 19.8. The Morgan fingerprint density at radius 1 is 1.00 bits per heavy atom. The van der Waals surface area contributed by atoms with Crippen LogP contribution < -0.4 is 5.32 Å². The number of aromatic amines is 1. The van der Waals surface area contributed by atoms with Gasteiger partial charge in [-0.25, -0.2) is 14.5 Å². The predicted octanol–water partition coefficient (Wildman–Crippen LogP) is 4.70. The predicted molar refractivity (Wildman–Crippen MR) is 137 cm³/mol. The molecule has 0 unspecified atom stereocenters. The van der Waals surface area contributed by atoms with Crippen molar-refractivity contribution < 1.29 is 0 Å². The Kier molecular flexibility index (Phi) is 5.71. The SMILES string of the molecule is Cc1cccc(-c2[nH]c(CNc3cccc(CN4CCCC4)c3)nc2-c2ccc3ncnn3c2)n1. The summed E-state index contributed by atoms with van der Waals surface area (Å²) in [5.74, 6) is 0.849. The van der Waals surface area contributed by atoms with Crippen molar-refractivity contribution in [3.63, 3.8) is 0 Å². The highest BCUT2D eigenvalue weighted by atomic mass is 15.3. The maximum atomic E-state index is 4.97. The lowest BCUT2D eigenvalue weighted by atomic mass is 10.1. The van der Waals surface area contributed by atoms with Gasteiger partial charge in [0.25, 0.3) is 0 Å². The Morgan fingerprint density at radius 3 is 2.77 bits per heavy atom. The van der Waals surface area contributed by atoms with Gasteiger partial charge < -0.3 is 10.3 Å². The highest BCUT2D eigenvalue weighted by molar-refractivity contribution is 5.77. The van der Waals surface area contributed by atoms with Crippen LogP contribution in [-0.2, 0) is 13.1 Å². The molecule has 0 aliphatic carbocycles. The number of hydrogen-bond donors (Lipinski definition) is 2. The lowest BCUT2D eigenvalue weighted by molar-refractivity contribution is 0.331. The average molecular weight is 465 g/mol. The van der Waals surface area contributed by atoms with Gasteiger partial charge in [-0.1, -0.05) is 18.2 Å². The summed E-state index contributed by atoms with van der Waals surface area (Å²) in [6, 6.07) is 18.7. The van der Waals surface area contributed by atoms with Gasteiger partial charge in [0.2, 0.25) is 0 Å². The second-order valence-corrected chi connectivity index (χ2v) is 9.09. The van der Waals surface area contributed by atoms with E-state index in [1.54, 1.807) is 10.8 Å². The van der Waals surface area contributed by atoms with Gasteiger partial charge in [0, 0.05) is 29.7 Å². The number of likely N-dealkylation sites (tertiary alicyclic amines) is 1. The number of anilines is 1. The standard InChI is InChI=1S/C27H28N8/c1-19-6-4-9-23(31-19)27-26(21-10-11-25-29-18-30-35(25)17-21)32-24(33-27)15-28-22-8-5-7-20(14-22)16-34-12-2-3-13-34/h4-11,14,17-18,28H,2-3,12-13,15-16H2,1H3,(H,32,33). The number of nitrogens with zero attached hydrogens (tertiary/aromatic N) is 6. The summed E-state index contributed by atoms with van der Waals surface area (Å²) >= 11 is 0. The third-order valence-electron chi connectivity index (χ3n) is 6.44. The number of pyridine rings is 2. The van der Waals surface area contributed by atoms with E-state index >= 15 is 0 Å². The van der Waals surface area contributed by atoms with Crippen LogP contribution in [0.2, 0.25) is 0 Å². The third kappa shape index (κ3) is 4.65. The average Bonchev–Trinajstić information content (AvgIpc) is 3.63. The van der Waals surface area contributed by atoms with Gasteiger partial charge in [-0.2, -0.15) is 5.10 Å². The molecule has 6 rings (SSSR count). The Hall–Kier alpha value is -4.04. The van der Waals surface area contributed by atoms with E-state index in [0.29, 0.717) is 6.54 Å². The molecule has 176 valence electrons. The molecule has 0 amide bonds. The minimum atomic E-state index is 0.581. The van der Waals surface area contributed by atoms with Gasteiger partial charge in [-0.15, -0.1) is 0 Å². The fraction of sp³-hybridized carbons (Fsp3) is 0.259. The van der Waals surface area contributed by atoms with E-state index in [1.807, 2.05) is 43.5 Å². The first kappa shape index (κ1) is 21.5. The summed E-state index contributed by atoms with van der Waals surface area (Å²) in [5, 5.41) is 7.83. The van der Waals surface area contributed by atoms with Crippen molar-refractivity contribution in [1.29, 1.82) is 0 Å². The van der Waals surface area contributed by atoms with Crippen LogP contribution in [0.3, 0.4) is 0 Å². The molecule has 0 bridgehead atoms. The molecule has 1 aromatic carbocycles. The minimum absolute atomic E-state index is 0.581. The highest BCUT2D eigenvalue weighted by Crippen LogP contribution is 2.29. The Morgan fingerprint density at radius 2 is 1.89 bits per heavy atom. The molecule has 5 aromatic rings. The molecule has 8 heteroatoms. The fourth-order valence-corrected chi connectivity index (χ4v) is 4.70. The quantitative estimate of drug-likeness (QED) is 0.363. The van der Waals surface area contributed by atoms with Crippen molar-refractivity contribution in [3.05, 3.63) is 84.2 Å². The van der Waals surface area contributed by atoms with Gasteiger partial charge in [0.1, 0.15) is 12.2 Å². The number of aromatic nitrogens is 6. The summed E-state index contributed by atoms with van der Waals surface area (Å²) < 4.78 is 1.77. The second-order valence-electron chi connectivity index (χ2n) is 9.09. The molecule has 0 spiro atoms. The highest BCUT2D eigenvalue weighted by Gasteiger charge is 2.17. The van der Waals surface area contributed by atoms with Gasteiger partial charge in [0.05, 0.1) is 23.6 Å². The molecule has 1 fully saturated rings. The maximum Gasteiger partial charge on any atom is 0.155 e. The first-order valence-electron chi connectivity index (χ1n) is 12.1. The lowest BCUT2D eigenvalue weighted by Gasteiger charge is -2.15. The zero-order chi connectivity index (χ0) is 23.6. The number of nitrogens with one attached hydrogen (secondary N) is 2. The molecule has 0 radical (unpaired) electrons. The van der Waals surface area contributed by atoms with E-state index in [2.05, 4.69) is 49.5 Å². The van der Waals surface area contributed by atoms with Crippen LogP contribution in [0.4, 0.5) is 5.69 Å². The van der Waals surface area contributed by atoms with Crippen LogP contribution in [-0.4, -0.2) is 47.5 Å². The van der Waals surface area contributed by atoms with Crippen LogP contribution in [0.5, 0.6) is 0 Å². The van der Waals surface area contributed by atoms with E-state index in [0.717, 1.165) is 52.0 Å². The van der Waals surface area contributed by atoms with E-state index in [9.17, 15) is 0 Å². The Labute approximate surface area is 204 Å². The minimum Gasteiger partial charge on any atom is -0.378 e. The fourth-order valence-electron chi connectivity index (χ4n) is 4.70. The number of aryl methyl sites for hydroxylation is 1. The van der Waals surface area contributed by atoms with Crippen molar-refractivity contribution >= 4 is 11.3 Å². The molecule has 8 nitrogen and oxygen atoms in total. The van der Waals surface area contributed by atoms with Crippen LogP contribution >= 0.6 is 0 Å². The number of H-pyrrole nitrogens is 1. The largest absolute Gasteiger partial charge is 0.378 e. The summed E-state index contributed by atoms with van der Waals surface area (Å²) in [6.45, 7) is 5.98. The molecule has 5 heterocycles. The third-order valence-corrected chi connectivity index (χ3v) is 6.44. The molecular formula is C27H28N8.